The largest absolute Gasteiger partial charge is 0.343 e. The number of aryl methyl sites for hydroxylation is 3. The van der Waals surface area contributed by atoms with E-state index in [1.165, 1.54) is 4.31 Å². The van der Waals surface area contributed by atoms with Crippen molar-refractivity contribution in [1.82, 2.24) is 5.32 Å². The van der Waals surface area contributed by atoms with E-state index < -0.39 is 22.1 Å². The first kappa shape index (κ1) is 23.5. The van der Waals surface area contributed by atoms with Gasteiger partial charge in [0.25, 0.3) is 0 Å². The normalized spacial score (nSPS) is 13.3. The molecule has 3 aromatic carbocycles. The summed E-state index contributed by atoms with van der Waals surface area (Å²) in [5.41, 5.74) is 5.33. The standard InChI is InChI=1S/C26H30N2O3S/c1-18-11-13-23(14-12-18)25(22-9-7-6-8-10-22)27-26(29)21(4)28(32(5,30)31)24-16-19(2)15-20(3)17-24/h6-17,21,25H,1-5H3,(H,27,29)/t21-,25+/m0/s1. The molecule has 0 aliphatic heterocycles. The van der Waals surface area contributed by atoms with Gasteiger partial charge in [0, 0.05) is 0 Å². The van der Waals surface area contributed by atoms with Gasteiger partial charge in [-0.25, -0.2) is 8.42 Å². The summed E-state index contributed by atoms with van der Waals surface area (Å²) >= 11 is 0. The maximum atomic E-state index is 13.4. The maximum absolute atomic E-state index is 13.4. The van der Waals surface area contributed by atoms with Crippen LogP contribution in [0.3, 0.4) is 0 Å². The molecule has 0 bridgehead atoms. The van der Waals surface area contributed by atoms with E-state index in [1.807, 2.05) is 81.4 Å². The van der Waals surface area contributed by atoms with Crippen LogP contribution in [0.1, 0.15) is 40.8 Å². The molecule has 168 valence electrons. The molecule has 0 aliphatic rings. The van der Waals surface area contributed by atoms with Crippen LogP contribution in [0.25, 0.3) is 0 Å². The average molecular weight is 451 g/mol. The number of hydrogen-bond donors (Lipinski definition) is 1. The highest BCUT2D eigenvalue weighted by Crippen LogP contribution is 2.26. The molecule has 1 amide bonds. The smallest absolute Gasteiger partial charge is 0.244 e. The van der Waals surface area contributed by atoms with Gasteiger partial charge in [-0.05, 0) is 62.1 Å². The van der Waals surface area contributed by atoms with Crippen LogP contribution >= 0.6 is 0 Å². The molecular weight excluding hydrogens is 420 g/mol. The van der Waals surface area contributed by atoms with Gasteiger partial charge in [-0.15, -0.1) is 0 Å². The first-order valence-electron chi connectivity index (χ1n) is 10.6. The minimum Gasteiger partial charge on any atom is -0.343 e. The quantitative estimate of drug-likeness (QED) is 0.569. The van der Waals surface area contributed by atoms with Crippen molar-refractivity contribution in [3.63, 3.8) is 0 Å². The zero-order valence-corrected chi connectivity index (χ0v) is 20.0. The summed E-state index contributed by atoms with van der Waals surface area (Å²) in [6.07, 6.45) is 1.13. The topological polar surface area (TPSA) is 66.5 Å². The zero-order valence-electron chi connectivity index (χ0n) is 19.2. The molecule has 1 N–H and O–H groups in total. The van der Waals surface area contributed by atoms with E-state index in [2.05, 4.69) is 5.32 Å². The predicted molar refractivity (Wildman–Crippen MR) is 130 cm³/mol. The third-order valence-electron chi connectivity index (χ3n) is 5.38. The molecule has 6 heteroatoms. The van der Waals surface area contributed by atoms with Crippen molar-refractivity contribution in [2.45, 2.75) is 39.8 Å². The Labute approximate surface area is 191 Å². The van der Waals surface area contributed by atoms with E-state index in [0.29, 0.717) is 5.69 Å². The van der Waals surface area contributed by atoms with Crippen LogP contribution in [0, 0.1) is 20.8 Å². The van der Waals surface area contributed by atoms with E-state index in [4.69, 9.17) is 0 Å². The van der Waals surface area contributed by atoms with Crippen molar-refractivity contribution in [3.05, 3.63) is 101 Å². The Kier molecular flexibility index (Phi) is 7.04. The molecule has 0 unspecified atom stereocenters. The number of nitrogens with one attached hydrogen (secondary N) is 1. The number of nitrogens with zero attached hydrogens (tertiary/aromatic N) is 1. The van der Waals surface area contributed by atoms with Gasteiger partial charge in [-0.2, -0.15) is 0 Å². The lowest BCUT2D eigenvalue weighted by molar-refractivity contribution is -0.122. The fraction of sp³-hybridized carbons (Fsp3) is 0.269. The third kappa shape index (κ3) is 5.56. The highest BCUT2D eigenvalue weighted by Gasteiger charge is 2.31. The number of carbonyl (C=O) groups excluding carboxylic acids is 1. The van der Waals surface area contributed by atoms with E-state index in [-0.39, 0.29) is 5.91 Å². The molecule has 0 saturated carbocycles. The number of rotatable bonds is 7. The lowest BCUT2D eigenvalue weighted by atomic mass is 9.97. The lowest BCUT2D eigenvalue weighted by Crippen LogP contribution is -2.48. The SMILES string of the molecule is Cc1ccc([C@H](NC(=O)[C@H](C)N(c2cc(C)cc(C)c2)S(C)(=O)=O)c2ccccc2)cc1. The molecular formula is C26H30N2O3S. The Morgan fingerprint density at radius 2 is 1.34 bits per heavy atom. The fourth-order valence-corrected chi connectivity index (χ4v) is 5.07. The van der Waals surface area contributed by atoms with E-state index in [1.54, 1.807) is 19.1 Å². The fourth-order valence-electron chi connectivity index (χ4n) is 3.91. The average Bonchev–Trinajstić information content (AvgIpc) is 2.71. The maximum Gasteiger partial charge on any atom is 0.244 e. The molecule has 0 spiro atoms. The Hall–Kier alpha value is -3.12. The van der Waals surface area contributed by atoms with Gasteiger partial charge < -0.3 is 5.32 Å². The number of hydrogen-bond acceptors (Lipinski definition) is 3. The summed E-state index contributed by atoms with van der Waals surface area (Å²) in [6, 6.07) is 21.8. The molecule has 0 fully saturated rings. The second kappa shape index (κ2) is 9.57. The molecule has 3 rings (SSSR count). The van der Waals surface area contributed by atoms with Gasteiger partial charge in [0.1, 0.15) is 6.04 Å². The van der Waals surface area contributed by atoms with Crippen LogP contribution in [-0.2, 0) is 14.8 Å². The molecule has 5 nitrogen and oxygen atoms in total. The van der Waals surface area contributed by atoms with Crippen LogP contribution in [0.15, 0.2) is 72.8 Å². The number of sulfonamides is 1. The Morgan fingerprint density at radius 3 is 1.88 bits per heavy atom. The van der Waals surface area contributed by atoms with Crippen LogP contribution in [0.2, 0.25) is 0 Å². The Balaban J connectivity index is 1.97. The van der Waals surface area contributed by atoms with Crippen molar-refractivity contribution < 1.29 is 13.2 Å². The molecule has 3 aromatic rings. The number of benzene rings is 3. The Morgan fingerprint density at radius 1 is 0.812 bits per heavy atom. The highest BCUT2D eigenvalue weighted by atomic mass is 32.2. The van der Waals surface area contributed by atoms with E-state index >= 15 is 0 Å². The number of amides is 1. The van der Waals surface area contributed by atoms with E-state index in [9.17, 15) is 13.2 Å². The van der Waals surface area contributed by atoms with Crippen molar-refractivity contribution >= 4 is 21.6 Å². The first-order chi connectivity index (χ1) is 15.1. The summed E-state index contributed by atoms with van der Waals surface area (Å²) in [6.45, 7) is 7.44. The summed E-state index contributed by atoms with van der Waals surface area (Å²) in [5.74, 6) is -0.371. The molecule has 0 aliphatic carbocycles. The summed E-state index contributed by atoms with van der Waals surface area (Å²) < 4.78 is 26.6. The molecule has 0 radical (unpaired) electrons. The first-order valence-corrected chi connectivity index (χ1v) is 12.4. The van der Waals surface area contributed by atoms with Crippen molar-refractivity contribution in [2.75, 3.05) is 10.6 Å². The molecule has 0 aromatic heterocycles. The highest BCUT2D eigenvalue weighted by molar-refractivity contribution is 7.92. The lowest BCUT2D eigenvalue weighted by Gasteiger charge is -2.30. The van der Waals surface area contributed by atoms with Crippen LogP contribution < -0.4 is 9.62 Å². The van der Waals surface area contributed by atoms with Gasteiger partial charge in [0.2, 0.25) is 15.9 Å². The predicted octanol–water partition coefficient (Wildman–Crippen LogP) is 4.67. The van der Waals surface area contributed by atoms with Gasteiger partial charge in [0.15, 0.2) is 0 Å². The molecule has 0 heterocycles. The summed E-state index contributed by atoms with van der Waals surface area (Å²) in [4.78, 5) is 13.4. The van der Waals surface area contributed by atoms with Gasteiger partial charge in [-0.3, -0.25) is 9.10 Å². The summed E-state index contributed by atoms with van der Waals surface area (Å²) in [5, 5.41) is 3.08. The van der Waals surface area contributed by atoms with E-state index in [0.717, 1.165) is 34.1 Å². The zero-order chi connectivity index (χ0) is 23.5. The second-order valence-corrected chi connectivity index (χ2v) is 10.2. The van der Waals surface area contributed by atoms with Crippen LogP contribution in [0.4, 0.5) is 5.69 Å². The van der Waals surface area contributed by atoms with Crippen molar-refractivity contribution in [1.29, 1.82) is 0 Å². The van der Waals surface area contributed by atoms with Gasteiger partial charge in [-0.1, -0.05) is 66.2 Å². The van der Waals surface area contributed by atoms with Crippen LogP contribution in [0.5, 0.6) is 0 Å². The van der Waals surface area contributed by atoms with Crippen molar-refractivity contribution in [2.24, 2.45) is 0 Å². The molecule has 32 heavy (non-hydrogen) atoms. The van der Waals surface area contributed by atoms with Gasteiger partial charge >= 0.3 is 0 Å². The van der Waals surface area contributed by atoms with Crippen LogP contribution in [-0.4, -0.2) is 26.6 Å². The number of carbonyl (C=O) groups is 1. The molecule has 0 saturated heterocycles. The minimum atomic E-state index is -3.69. The summed E-state index contributed by atoms with van der Waals surface area (Å²) in [7, 11) is -3.69. The van der Waals surface area contributed by atoms with Crippen molar-refractivity contribution in [3.8, 4) is 0 Å². The third-order valence-corrected chi connectivity index (χ3v) is 6.62. The molecule has 2 atom stereocenters. The van der Waals surface area contributed by atoms with Gasteiger partial charge in [0.05, 0.1) is 18.0 Å². The monoisotopic (exact) mass is 450 g/mol. The minimum absolute atomic E-state index is 0.371. The second-order valence-electron chi connectivity index (χ2n) is 8.34. The number of anilines is 1. The Bertz CT molecular complexity index is 1170.